The molecule has 0 saturated heterocycles. The Bertz CT molecular complexity index is 881. The van der Waals surface area contributed by atoms with Crippen molar-refractivity contribution >= 4 is 23.5 Å². The van der Waals surface area contributed by atoms with E-state index in [0.717, 1.165) is 16.2 Å². The van der Waals surface area contributed by atoms with Crippen LogP contribution in [0.3, 0.4) is 0 Å². The van der Waals surface area contributed by atoms with Crippen molar-refractivity contribution in [2.45, 2.75) is 17.6 Å². The first-order valence-corrected chi connectivity index (χ1v) is 8.82. The minimum atomic E-state index is -0.251. The highest BCUT2D eigenvalue weighted by Gasteiger charge is 2.12. The summed E-state index contributed by atoms with van der Waals surface area (Å²) in [5.74, 6) is 0.746. The number of rotatable bonds is 5. The zero-order valence-corrected chi connectivity index (χ0v) is 14.5. The highest BCUT2D eigenvalue weighted by atomic mass is 32.2. The predicted octanol–water partition coefficient (Wildman–Crippen LogP) is 5.07. The van der Waals surface area contributed by atoms with Crippen molar-refractivity contribution in [2.75, 3.05) is 5.32 Å². The van der Waals surface area contributed by atoms with Crippen LogP contribution >= 0.6 is 11.8 Å². The first kappa shape index (κ1) is 17.2. The highest BCUT2D eigenvalue weighted by molar-refractivity contribution is 7.98. The molecule has 1 aromatic heterocycles. The first-order valence-electron chi connectivity index (χ1n) is 7.83. The first-order chi connectivity index (χ1) is 12.1. The maximum Gasteiger partial charge on any atom is 0.257 e. The normalized spacial score (nSPS) is 10.5. The molecule has 5 heteroatoms. The smallest absolute Gasteiger partial charge is 0.257 e. The molecule has 0 fully saturated rings. The van der Waals surface area contributed by atoms with Crippen LogP contribution in [0.2, 0.25) is 0 Å². The predicted molar refractivity (Wildman–Crippen MR) is 99.3 cm³/mol. The maximum absolute atomic E-state index is 13.0. The van der Waals surface area contributed by atoms with Crippen LogP contribution in [0.15, 0.2) is 71.6 Å². The van der Waals surface area contributed by atoms with Gasteiger partial charge in [-0.2, -0.15) is 0 Å². The average molecular weight is 352 g/mol. The van der Waals surface area contributed by atoms with Crippen molar-refractivity contribution in [3.8, 4) is 0 Å². The molecule has 0 aliphatic carbocycles. The van der Waals surface area contributed by atoms with Gasteiger partial charge in [0.05, 0.1) is 5.56 Å². The molecule has 0 aliphatic rings. The fourth-order valence-electron chi connectivity index (χ4n) is 2.32. The second-order valence-electron chi connectivity index (χ2n) is 5.53. The molecule has 3 aromatic rings. The van der Waals surface area contributed by atoms with Gasteiger partial charge in [-0.05, 0) is 48.9 Å². The Labute approximate surface area is 150 Å². The number of hydrogen-bond acceptors (Lipinski definition) is 3. The van der Waals surface area contributed by atoms with Gasteiger partial charge >= 0.3 is 0 Å². The van der Waals surface area contributed by atoms with Crippen LogP contribution in [0, 0.1) is 12.7 Å². The van der Waals surface area contributed by atoms with Crippen molar-refractivity contribution in [1.29, 1.82) is 0 Å². The SMILES string of the molecule is Cc1cccc(NC(=O)c2ccccc2SCc2ccc(F)cc2)n1. The van der Waals surface area contributed by atoms with E-state index in [1.54, 1.807) is 36.0 Å². The molecule has 2 aromatic carbocycles. The molecule has 0 spiro atoms. The van der Waals surface area contributed by atoms with Crippen molar-refractivity contribution in [3.05, 3.63) is 89.4 Å². The summed E-state index contributed by atoms with van der Waals surface area (Å²) in [6.07, 6.45) is 0. The summed E-state index contributed by atoms with van der Waals surface area (Å²) < 4.78 is 13.0. The van der Waals surface area contributed by atoms with Crippen molar-refractivity contribution in [2.24, 2.45) is 0 Å². The summed E-state index contributed by atoms with van der Waals surface area (Å²) in [6.45, 7) is 1.88. The molecular formula is C20H17FN2OS. The molecule has 1 heterocycles. The van der Waals surface area contributed by atoms with E-state index >= 15 is 0 Å². The van der Waals surface area contributed by atoms with E-state index in [1.807, 2.05) is 37.3 Å². The molecule has 0 atom stereocenters. The number of anilines is 1. The standard InChI is InChI=1S/C20H17FN2OS/c1-14-5-4-8-19(22-14)23-20(24)17-6-2-3-7-18(17)25-13-15-9-11-16(21)12-10-15/h2-12H,13H2,1H3,(H,22,23,24). The fraction of sp³-hybridized carbons (Fsp3) is 0.100. The number of carbonyl (C=O) groups is 1. The molecule has 25 heavy (non-hydrogen) atoms. The quantitative estimate of drug-likeness (QED) is 0.652. The molecule has 0 bridgehead atoms. The van der Waals surface area contributed by atoms with E-state index < -0.39 is 0 Å². The Morgan fingerprint density at radius 2 is 1.80 bits per heavy atom. The van der Waals surface area contributed by atoms with Crippen molar-refractivity contribution in [1.82, 2.24) is 4.98 Å². The molecule has 126 valence electrons. The van der Waals surface area contributed by atoms with E-state index in [9.17, 15) is 9.18 Å². The second kappa shape index (κ2) is 7.94. The van der Waals surface area contributed by atoms with Gasteiger partial charge in [0.1, 0.15) is 11.6 Å². The van der Waals surface area contributed by atoms with Gasteiger partial charge in [-0.15, -0.1) is 11.8 Å². The van der Waals surface area contributed by atoms with Gasteiger partial charge in [-0.3, -0.25) is 4.79 Å². The summed E-state index contributed by atoms with van der Waals surface area (Å²) in [5.41, 5.74) is 2.44. The van der Waals surface area contributed by atoms with Gasteiger partial charge in [0, 0.05) is 16.3 Å². The molecule has 3 nitrogen and oxygen atoms in total. The van der Waals surface area contributed by atoms with Crippen LogP contribution < -0.4 is 5.32 Å². The van der Waals surface area contributed by atoms with E-state index in [4.69, 9.17) is 0 Å². The monoisotopic (exact) mass is 352 g/mol. The average Bonchev–Trinajstić information content (AvgIpc) is 2.61. The van der Waals surface area contributed by atoms with Gasteiger partial charge in [-0.25, -0.2) is 9.37 Å². The van der Waals surface area contributed by atoms with Crippen LogP contribution in [-0.4, -0.2) is 10.9 Å². The van der Waals surface area contributed by atoms with Gasteiger partial charge < -0.3 is 5.32 Å². The lowest BCUT2D eigenvalue weighted by Crippen LogP contribution is -2.14. The molecule has 0 aliphatic heterocycles. The van der Waals surface area contributed by atoms with E-state index in [0.29, 0.717) is 17.1 Å². The minimum Gasteiger partial charge on any atom is -0.307 e. The molecule has 3 rings (SSSR count). The molecule has 0 radical (unpaired) electrons. The number of nitrogens with one attached hydrogen (secondary N) is 1. The third-order valence-corrected chi connectivity index (χ3v) is 4.71. The Morgan fingerprint density at radius 1 is 1.04 bits per heavy atom. The van der Waals surface area contributed by atoms with Gasteiger partial charge in [0.15, 0.2) is 0 Å². The number of carbonyl (C=O) groups excluding carboxylic acids is 1. The number of hydrogen-bond donors (Lipinski definition) is 1. The Kier molecular flexibility index (Phi) is 5.46. The Balaban J connectivity index is 1.73. The van der Waals surface area contributed by atoms with E-state index in [2.05, 4.69) is 10.3 Å². The lowest BCUT2D eigenvalue weighted by atomic mass is 10.2. The lowest BCUT2D eigenvalue weighted by molar-refractivity contribution is 0.102. The van der Waals surface area contributed by atoms with E-state index in [-0.39, 0.29) is 11.7 Å². The summed E-state index contributed by atoms with van der Waals surface area (Å²) in [5, 5.41) is 2.83. The van der Waals surface area contributed by atoms with Crippen LogP contribution in [-0.2, 0) is 5.75 Å². The van der Waals surface area contributed by atoms with Crippen LogP contribution in [0.1, 0.15) is 21.6 Å². The molecule has 1 amide bonds. The third-order valence-electron chi connectivity index (χ3n) is 3.57. The number of pyridine rings is 1. The summed E-state index contributed by atoms with van der Waals surface area (Å²) in [4.78, 5) is 17.8. The number of aromatic nitrogens is 1. The summed E-state index contributed by atoms with van der Waals surface area (Å²) in [7, 11) is 0. The minimum absolute atomic E-state index is 0.194. The van der Waals surface area contributed by atoms with Crippen molar-refractivity contribution in [3.63, 3.8) is 0 Å². The highest BCUT2D eigenvalue weighted by Crippen LogP contribution is 2.27. The molecule has 0 saturated carbocycles. The third kappa shape index (κ3) is 4.67. The summed E-state index contributed by atoms with van der Waals surface area (Å²) in [6, 6.07) is 19.3. The number of halogens is 1. The molecular weight excluding hydrogens is 335 g/mol. The lowest BCUT2D eigenvalue weighted by Gasteiger charge is -2.10. The van der Waals surface area contributed by atoms with Gasteiger partial charge in [0.2, 0.25) is 0 Å². The number of amides is 1. The number of benzene rings is 2. The summed E-state index contributed by atoms with van der Waals surface area (Å²) >= 11 is 1.54. The van der Waals surface area contributed by atoms with E-state index in [1.165, 1.54) is 12.1 Å². The number of nitrogens with zero attached hydrogens (tertiary/aromatic N) is 1. The maximum atomic E-state index is 13.0. The largest absolute Gasteiger partial charge is 0.307 e. The fourth-order valence-corrected chi connectivity index (χ4v) is 3.32. The molecule has 1 N–H and O–H groups in total. The van der Waals surface area contributed by atoms with Crippen molar-refractivity contribution < 1.29 is 9.18 Å². The number of aryl methyl sites for hydroxylation is 1. The second-order valence-corrected chi connectivity index (χ2v) is 6.55. The van der Waals surface area contributed by atoms with Crippen LogP contribution in [0.4, 0.5) is 10.2 Å². The Morgan fingerprint density at radius 3 is 2.56 bits per heavy atom. The Hall–Kier alpha value is -2.66. The van der Waals surface area contributed by atoms with Gasteiger partial charge in [0.25, 0.3) is 5.91 Å². The number of thioether (sulfide) groups is 1. The topological polar surface area (TPSA) is 42.0 Å². The van der Waals surface area contributed by atoms with Gasteiger partial charge in [-0.1, -0.05) is 30.3 Å². The van der Waals surface area contributed by atoms with Crippen LogP contribution in [0.5, 0.6) is 0 Å². The molecule has 0 unspecified atom stereocenters. The zero-order chi connectivity index (χ0) is 17.6. The van der Waals surface area contributed by atoms with Crippen LogP contribution in [0.25, 0.3) is 0 Å². The zero-order valence-electron chi connectivity index (χ0n) is 13.7.